The molecule has 2 aromatic rings. The maximum absolute atomic E-state index is 12.4. The first kappa shape index (κ1) is 14.6. The van der Waals surface area contributed by atoms with Crippen molar-refractivity contribution < 1.29 is 19.1 Å². The smallest absolute Gasteiger partial charge is 0.269 e. The Balaban J connectivity index is 1.46. The van der Waals surface area contributed by atoms with Gasteiger partial charge in [0, 0.05) is 17.8 Å². The molecule has 122 valence electrons. The van der Waals surface area contributed by atoms with Crippen molar-refractivity contribution in [3.8, 4) is 11.5 Å². The number of carbonyl (C=O) groups excluding carboxylic acids is 2. The maximum atomic E-state index is 12.4. The number of hydrogen-bond acceptors (Lipinski definition) is 4. The van der Waals surface area contributed by atoms with Crippen LogP contribution in [-0.4, -0.2) is 24.5 Å². The SMILES string of the molecule is O=C1CCc2cc(NC(=O)C3COc4ccccc4O3)ccc2N1. The van der Waals surface area contributed by atoms with Crippen LogP contribution in [0.1, 0.15) is 12.0 Å². The summed E-state index contributed by atoms with van der Waals surface area (Å²) in [5.74, 6) is 0.970. The van der Waals surface area contributed by atoms with Crippen LogP contribution < -0.4 is 20.1 Å². The molecular formula is C18H16N2O4. The molecule has 0 saturated carbocycles. The molecule has 0 saturated heterocycles. The maximum Gasteiger partial charge on any atom is 0.269 e. The van der Waals surface area contributed by atoms with E-state index in [2.05, 4.69) is 10.6 Å². The summed E-state index contributed by atoms with van der Waals surface area (Å²) in [4.78, 5) is 23.8. The van der Waals surface area contributed by atoms with Crippen molar-refractivity contribution in [2.24, 2.45) is 0 Å². The number of fused-ring (bicyclic) bond motifs is 2. The zero-order valence-electron chi connectivity index (χ0n) is 12.9. The second kappa shape index (κ2) is 5.88. The lowest BCUT2D eigenvalue weighted by Crippen LogP contribution is -2.40. The first-order valence-corrected chi connectivity index (χ1v) is 7.81. The lowest BCUT2D eigenvalue weighted by atomic mass is 10.0. The van der Waals surface area contributed by atoms with Crippen LogP contribution in [0.3, 0.4) is 0 Å². The number of rotatable bonds is 2. The highest BCUT2D eigenvalue weighted by molar-refractivity contribution is 5.97. The van der Waals surface area contributed by atoms with Crippen LogP contribution in [0.2, 0.25) is 0 Å². The first-order valence-electron chi connectivity index (χ1n) is 7.81. The Morgan fingerprint density at radius 2 is 1.96 bits per heavy atom. The van der Waals surface area contributed by atoms with Gasteiger partial charge in [-0.3, -0.25) is 9.59 Å². The third kappa shape index (κ3) is 2.78. The normalized spacial score (nSPS) is 18.3. The molecule has 1 unspecified atom stereocenters. The van der Waals surface area contributed by atoms with E-state index in [1.54, 1.807) is 24.3 Å². The number of hydrogen-bond donors (Lipinski definition) is 2. The van der Waals surface area contributed by atoms with Crippen molar-refractivity contribution in [3.05, 3.63) is 48.0 Å². The largest absolute Gasteiger partial charge is 0.485 e. The van der Waals surface area contributed by atoms with E-state index in [4.69, 9.17) is 9.47 Å². The lowest BCUT2D eigenvalue weighted by Gasteiger charge is -2.25. The van der Waals surface area contributed by atoms with E-state index < -0.39 is 6.10 Å². The number of anilines is 2. The Bertz CT molecular complexity index is 818. The summed E-state index contributed by atoms with van der Waals surface area (Å²) in [6.45, 7) is 0.170. The molecule has 2 N–H and O–H groups in total. The quantitative estimate of drug-likeness (QED) is 0.889. The van der Waals surface area contributed by atoms with E-state index >= 15 is 0 Å². The predicted molar refractivity (Wildman–Crippen MR) is 88.4 cm³/mol. The van der Waals surface area contributed by atoms with Crippen LogP contribution in [0, 0.1) is 0 Å². The van der Waals surface area contributed by atoms with E-state index in [0.717, 1.165) is 11.3 Å². The standard InChI is InChI=1S/C18H16N2O4/c21-17-8-5-11-9-12(6-7-13(11)20-17)19-18(22)16-10-23-14-3-1-2-4-15(14)24-16/h1-4,6-7,9,16H,5,8,10H2,(H,19,22)(H,20,21). The molecule has 2 amide bonds. The average molecular weight is 324 g/mol. The van der Waals surface area contributed by atoms with Crippen molar-refractivity contribution in [1.82, 2.24) is 0 Å². The lowest BCUT2D eigenvalue weighted by molar-refractivity contribution is -0.125. The minimum Gasteiger partial charge on any atom is -0.485 e. The molecule has 1 atom stereocenters. The Labute approximate surface area is 138 Å². The van der Waals surface area contributed by atoms with Gasteiger partial charge in [-0.1, -0.05) is 12.1 Å². The molecule has 2 heterocycles. The minimum atomic E-state index is -0.698. The van der Waals surface area contributed by atoms with Crippen molar-refractivity contribution in [1.29, 1.82) is 0 Å². The van der Waals surface area contributed by atoms with Gasteiger partial charge in [0.2, 0.25) is 12.0 Å². The number of carbonyl (C=O) groups is 2. The van der Waals surface area contributed by atoms with Gasteiger partial charge in [0.05, 0.1) is 0 Å². The monoisotopic (exact) mass is 324 g/mol. The van der Waals surface area contributed by atoms with Crippen molar-refractivity contribution >= 4 is 23.2 Å². The second-order valence-corrected chi connectivity index (χ2v) is 5.77. The van der Waals surface area contributed by atoms with E-state index in [0.29, 0.717) is 30.0 Å². The third-order valence-electron chi connectivity index (χ3n) is 4.07. The average Bonchev–Trinajstić information content (AvgIpc) is 2.61. The highest BCUT2D eigenvalue weighted by atomic mass is 16.6. The third-order valence-corrected chi connectivity index (χ3v) is 4.07. The minimum absolute atomic E-state index is 0.0192. The molecule has 6 heteroatoms. The summed E-state index contributed by atoms with van der Waals surface area (Å²) in [5.41, 5.74) is 2.49. The Hall–Kier alpha value is -3.02. The number of aryl methyl sites for hydroxylation is 1. The highest BCUT2D eigenvalue weighted by Gasteiger charge is 2.27. The Morgan fingerprint density at radius 1 is 1.12 bits per heavy atom. The first-order chi connectivity index (χ1) is 11.7. The fraction of sp³-hybridized carbons (Fsp3) is 0.222. The van der Waals surface area contributed by atoms with Gasteiger partial charge in [-0.05, 0) is 42.3 Å². The molecule has 2 aliphatic rings. The van der Waals surface area contributed by atoms with Crippen molar-refractivity contribution in [2.45, 2.75) is 18.9 Å². The van der Waals surface area contributed by atoms with Gasteiger partial charge in [0.15, 0.2) is 11.5 Å². The Kier molecular flexibility index (Phi) is 3.57. The van der Waals surface area contributed by atoms with Crippen LogP contribution in [0.5, 0.6) is 11.5 Å². The van der Waals surface area contributed by atoms with Crippen LogP contribution >= 0.6 is 0 Å². The molecule has 2 aromatic carbocycles. The van der Waals surface area contributed by atoms with Crippen molar-refractivity contribution in [3.63, 3.8) is 0 Å². The van der Waals surface area contributed by atoms with Crippen LogP contribution in [-0.2, 0) is 16.0 Å². The summed E-state index contributed by atoms with van der Waals surface area (Å²) in [5, 5.41) is 5.67. The summed E-state index contributed by atoms with van der Waals surface area (Å²) in [7, 11) is 0. The molecule has 24 heavy (non-hydrogen) atoms. The van der Waals surface area contributed by atoms with Gasteiger partial charge in [-0.2, -0.15) is 0 Å². The topological polar surface area (TPSA) is 76.7 Å². The van der Waals surface area contributed by atoms with Crippen LogP contribution in [0.4, 0.5) is 11.4 Å². The van der Waals surface area contributed by atoms with E-state index in [9.17, 15) is 9.59 Å². The van der Waals surface area contributed by atoms with Gasteiger partial charge in [-0.25, -0.2) is 0 Å². The van der Waals surface area contributed by atoms with Crippen molar-refractivity contribution in [2.75, 3.05) is 17.2 Å². The molecular weight excluding hydrogens is 308 g/mol. The van der Waals surface area contributed by atoms with Crippen LogP contribution in [0.15, 0.2) is 42.5 Å². The van der Waals surface area contributed by atoms with Gasteiger partial charge < -0.3 is 20.1 Å². The van der Waals surface area contributed by atoms with E-state index in [1.807, 2.05) is 18.2 Å². The Morgan fingerprint density at radius 3 is 2.83 bits per heavy atom. The number of amides is 2. The fourth-order valence-corrected chi connectivity index (χ4v) is 2.83. The summed E-state index contributed by atoms with van der Waals surface area (Å²) in [6, 6.07) is 12.7. The van der Waals surface area contributed by atoms with E-state index in [-0.39, 0.29) is 18.4 Å². The molecule has 0 bridgehead atoms. The second-order valence-electron chi connectivity index (χ2n) is 5.77. The van der Waals surface area contributed by atoms with Crippen LogP contribution in [0.25, 0.3) is 0 Å². The molecule has 0 aliphatic carbocycles. The zero-order valence-corrected chi connectivity index (χ0v) is 12.9. The van der Waals surface area contributed by atoms with Gasteiger partial charge >= 0.3 is 0 Å². The number of para-hydroxylation sites is 2. The molecule has 0 fully saturated rings. The number of nitrogens with one attached hydrogen (secondary N) is 2. The molecule has 0 radical (unpaired) electrons. The van der Waals surface area contributed by atoms with E-state index in [1.165, 1.54) is 0 Å². The molecule has 6 nitrogen and oxygen atoms in total. The van der Waals surface area contributed by atoms with Gasteiger partial charge in [0.25, 0.3) is 5.91 Å². The number of benzene rings is 2. The molecule has 2 aliphatic heterocycles. The van der Waals surface area contributed by atoms with Gasteiger partial charge in [-0.15, -0.1) is 0 Å². The summed E-state index contributed by atoms with van der Waals surface area (Å²) in [6.07, 6.45) is 0.429. The number of ether oxygens (including phenoxy) is 2. The molecule has 4 rings (SSSR count). The summed E-state index contributed by atoms with van der Waals surface area (Å²) < 4.78 is 11.3. The summed E-state index contributed by atoms with van der Waals surface area (Å²) >= 11 is 0. The zero-order chi connectivity index (χ0) is 16.5. The predicted octanol–water partition coefficient (Wildman–Crippen LogP) is 2.35. The highest BCUT2D eigenvalue weighted by Crippen LogP contribution is 2.31. The van der Waals surface area contributed by atoms with Gasteiger partial charge in [0.1, 0.15) is 6.61 Å². The fourth-order valence-electron chi connectivity index (χ4n) is 2.83. The molecule has 0 aromatic heterocycles. The molecule has 0 spiro atoms.